The molecule has 3 heteroatoms. The van der Waals surface area contributed by atoms with Crippen LogP contribution in [0, 0.1) is 5.92 Å². The van der Waals surface area contributed by atoms with Gasteiger partial charge in [-0.25, -0.2) is 4.98 Å². The molecule has 1 aliphatic carbocycles. The second kappa shape index (κ2) is 3.34. The number of aromatic amines is 1. The van der Waals surface area contributed by atoms with Crippen LogP contribution in [-0.4, -0.2) is 16.5 Å². The van der Waals surface area contributed by atoms with E-state index in [1.54, 1.807) is 0 Å². The van der Waals surface area contributed by atoms with Crippen molar-refractivity contribution >= 4 is 0 Å². The van der Waals surface area contributed by atoms with E-state index in [9.17, 15) is 0 Å². The molecule has 1 aliphatic heterocycles. The lowest BCUT2D eigenvalue weighted by Crippen LogP contribution is -2.49. The molecule has 2 heterocycles. The molecule has 1 aromatic rings. The standard InChI is InChI=1S/C12H19N3/c1-2-9-4-3-6-12(9)11-10(5-7-15-12)13-8-14-11/h8-9,15H,2-7H2,1H3,(H,13,14)/t9-,12-/m1/s1. The molecule has 1 saturated carbocycles. The van der Waals surface area contributed by atoms with Crippen LogP contribution in [0.2, 0.25) is 0 Å². The zero-order valence-corrected chi connectivity index (χ0v) is 9.34. The Kier molecular flexibility index (Phi) is 2.09. The summed E-state index contributed by atoms with van der Waals surface area (Å²) in [6.45, 7) is 3.41. The summed E-state index contributed by atoms with van der Waals surface area (Å²) in [7, 11) is 0. The van der Waals surface area contributed by atoms with Crippen molar-refractivity contribution in [1.82, 2.24) is 15.3 Å². The van der Waals surface area contributed by atoms with Crippen molar-refractivity contribution in [3.05, 3.63) is 17.7 Å². The van der Waals surface area contributed by atoms with Gasteiger partial charge in [0.05, 0.1) is 17.6 Å². The Balaban J connectivity index is 2.06. The largest absolute Gasteiger partial charge is 0.348 e. The van der Waals surface area contributed by atoms with Crippen LogP contribution < -0.4 is 5.32 Å². The van der Waals surface area contributed by atoms with E-state index in [4.69, 9.17) is 0 Å². The first-order chi connectivity index (χ1) is 7.37. The van der Waals surface area contributed by atoms with Crippen molar-refractivity contribution in [2.24, 2.45) is 5.92 Å². The molecule has 0 saturated heterocycles. The Morgan fingerprint density at radius 1 is 1.60 bits per heavy atom. The summed E-state index contributed by atoms with van der Waals surface area (Å²) in [5.41, 5.74) is 2.90. The zero-order valence-electron chi connectivity index (χ0n) is 9.34. The fraction of sp³-hybridized carbons (Fsp3) is 0.750. The Morgan fingerprint density at radius 3 is 3.40 bits per heavy atom. The molecule has 1 fully saturated rings. The van der Waals surface area contributed by atoms with Gasteiger partial charge < -0.3 is 10.3 Å². The van der Waals surface area contributed by atoms with Gasteiger partial charge in [-0.3, -0.25) is 0 Å². The molecule has 15 heavy (non-hydrogen) atoms. The molecule has 3 rings (SSSR count). The average molecular weight is 205 g/mol. The molecular weight excluding hydrogens is 186 g/mol. The molecular formula is C12H19N3. The van der Waals surface area contributed by atoms with Crippen LogP contribution in [0.1, 0.15) is 44.0 Å². The molecule has 0 bridgehead atoms. The lowest BCUT2D eigenvalue weighted by Gasteiger charge is -2.39. The number of hydrogen-bond acceptors (Lipinski definition) is 2. The lowest BCUT2D eigenvalue weighted by atomic mass is 9.79. The Labute approximate surface area is 90.7 Å². The summed E-state index contributed by atoms with van der Waals surface area (Å²) in [5.74, 6) is 0.778. The van der Waals surface area contributed by atoms with Crippen LogP contribution in [0.3, 0.4) is 0 Å². The minimum Gasteiger partial charge on any atom is -0.348 e. The number of imidazole rings is 1. The van der Waals surface area contributed by atoms with Crippen LogP contribution in [0.4, 0.5) is 0 Å². The fourth-order valence-corrected chi connectivity index (χ4v) is 3.57. The van der Waals surface area contributed by atoms with Gasteiger partial charge in [-0.15, -0.1) is 0 Å². The molecule has 2 aliphatic rings. The predicted octanol–water partition coefficient (Wildman–Crippen LogP) is 1.96. The van der Waals surface area contributed by atoms with E-state index in [0.717, 1.165) is 18.9 Å². The summed E-state index contributed by atoms with van der Waals surface area (Å²) in [6, 6.07) is 0. The van der Waals surface area contributed by atoms with Gasteiger partial charge in [-0.2, -0.15) is 0 Å². The maximum atomic E-state index is 4.57. The molecule has 1 aromatic heterocycles. The van der Waals surface area contributed by atoms with E-state index in [2.05, 4.69) is 22.2 Å². The minimum absolute atomic E-state index is 0.211. The first-order valence-electron chi connectivity index (χ1n) is 6.14. The highest BCUT2D eigenvalue weighted by Gasteiger charge is 2.47. The highest BCUT2D eigenvalue weighted by atomic mass is 15.1. The third-order valence-electron chi connectivity index (χ3n) is 4.27. The maximum Gasteiger partial charge on any atom is 0.0926 e. The molecule has 0 amide bonds. The van der Waals surface area contributed by atoms with Crippen molar-refractivity contribution in [3.63, 3.8) is 0 Å². The second-order valence-electron chi connectivity index (χ2n) is 4.88. The average Bonchev–Trinajstić information content (AvgIpc) is 2.85. The van der Waals surface area contributed by atoms with E-state index < -0.39 is 0 Å². The summed E-state index contributed by atoms with van der Waals surface area (Å²) in [5, 5.41) is 3.76. The molecule has 82 valence electrons. The van der Waals surface area contributed by atoms with Crippen molar-refractivity contribution in [3.8, 4) is 0 Å². The van der Waals surface area contributed by atoms with Crippen molar-refractivity contribution in [2.75, 3.05) is 6.54 Å². The van der Waals surface area contributed by atoms with Crippen LogP contribution in [0.5, 0.6) is 0 Å². The number of H-pyrrole nitrogens is 1. The van der Waals surface area contributed by atoms with Gasteiger partial charge in [-0.05, 0) is 18.8 Å². The summed E-state index contributed by atoms with van der Waals surface area (Å²) in [4.78, 5) is 7.87. The lowest BCUT2D eigenvalue weighted by molar-refractivity contribution is 0.222. The predicted molar refractivity (Wildman–Crippen MR) is 59.6 cm³/mol. The highest BCUT2D eigenvalue weighted by Crippen LogP contribution is 2.46. The van der Waals surface area contributed by atoms with Gasteiger partial charge in [0.1, 0.15) is 0 Å². The summed E-state index contributed by atoms with van der Waals surface area (Å²) in [6.07, 6.45) is 8.20. The van der Waals surface area contributed by atoms with Crippen LogP contribution in [-0.2, 0) is 12.0 Å². The first kappa shape index (κ1) is 9.40. The van der Waals surface area contributed by atoms with Crippen LogP contribution in [0.15, 0.2) is 6.33 Å². The van der Waals surface area contributed by atoms with Gasteiger partial charge in [0.2, 0.25) is 0 Å². The number of aromatic nitrogens is 2. The zero-order chi connectivity index (χ0) is 10.3. The van der Waals surface area contributed by atoms with Gasteiger partial charge in [0.15, 0.2) is 0 Å². The molecule has 0 radical (unpaired) electrons. The van der Waals surface area contributed by atoms with Gasteiger partial charge in [0, 0.05) is 18.7 Å². The normalized spacial score (nSPS) is 34.6. The maximum absolute atomic E-state index is 4.57. The molecule has 1 spiro atoms. The topological polar surface area (TPSA) is 40.7 Å². The van der Waals surface area contributed by atoms with Gasteiger partial charge in [0.25, 0.3) is 0 Å². The molecule has 0 aromatic carbocycles. The number of hydrogen-bond donors (Lipinski definition) is 2. The van der Waals surface area contributed by atoms with E-state index in [0.29, 0.717) is 0 Å². The number of nitrogens with zero attached hydrogens (tertiary/aromatic N) is 1. The van der Waals surface area contributed by atoms with E-state index in [1.807, 2.05) is 6.33 Å². The Hall–Kier alpha value is -0.830. The van der Waals surface area contributed by atoms with Crippen LogP contribution >= 0.6 is 0 Å². The van der Waals surface area contributed by atoms with E-state index in [1.165, 1.54) is 37.1 Å². The van der Waals surface area contributed by atoms with Gasteiger partial charge in [-0.1, -0.05) is 19.8 Å². The number of rotatable bonds is 1. The first-order valence-corrected chi connectivity index (χ1v) is 6.14. The summed E-state index contributed by atoms with van der Waals surface area (Å²) < 4.78 is 0. The monoisotopic (exact) mass is 205 g/mol. The second-order valence-corrected chi connectivity index (χ2v) is 4.88. The van der Waals surface area contributed by atoms with E-state index in [-0.39, 0.29) is 5.54 Å². The number of fused-ring (bicyclic) bond motifs is 2. The molecule has 2 N–H and O–H groups in total. The van der Waals surface area contributed by atoms with Gasteiger partial charge >= 0.3 is 0 Å². The third kappa shape index (κ3) is 1.19. The Morgan fingerprint density at radius 2 is 2.53 bits per heavy atom. The smallest absolute Gasteiger partial charge is 0.0926 e. The third-order valence-corrected chi connectivity index (χ3v) is 4.27. The highest BCUT2D eigenvalue weighted by molar-refractivity contribution is 5.27. The van der Waals surface area contributed by atoms with Crippen molar-refractivity contribution in [1.29, 1.82) is 0 Å². The molecule has 3 nitrogen and oxygen atoms in total. The molecule has 0 unspecified atom stereocenters. The fourth-order valence-electron chi connectivity index (χ4n) is 3.57. The summed E-state index contributed by atoms with van der Waals surface area (Å²) >= 11 is 0. The number of nitrogens with one attached hydrogen (secondary N) is 2. The van der Waals surface area contributed by atoms with Crippen LogP contribution in [0.25, 0.3) is 0 Å². The Bertz CT molecular complexity index is 358. The minimum atomic E-state index is 0.211. The van der Waals surface area contributed by atoms with Crippen molar-refractivity contribution < 1.29 is 0 Å². The quantitative estimate of drug-likeness (QED) is 0.736. The van der Waals surface area contributed by atoms with Crippen molar-refractivity contribution in [2.45, 2.75) is 44.6 Å². The van der Waals surface area contributed by atoms with E-state index >= 15 is 0 Å². The molecule has 2 atom stereocenters. The SMILES string of the molecule is CC[C@@H]1CCC[C@@]12NCCc1[nH]cnc12.